The van der Waals surface area contributed by atoms with Crippen LogP contribution in [0.4, 0.5) is 17.1 Å². The van der Waals surface area contributed by atoms with Gasteiger partial charge in [-0.25, -0.2) is 0 Å². The fourth-order valence-corrected chi connectivity index (χ4v) is 10.8. The normalized spacial score (nSPS) is 13.5. The van der Waals surface area contributed by atoms with Gasteiger partial charge in [0, 0.05) is 33.5 Å². The van der Waals surface area contributed by atoms with Gasteiger partial charge in [0.2, 0.25) is 0 Å². The highest BCUT2D eigenvalue weighted by atomic mass is 15.1. The molecule has 2 nitrogen and oxygen atoms in total. The predicted molar refractivity (Wildman–Crippen MR) is 263 cm³/mol. The summed E-state index contributed by atoms with van der Waals surface area (Å²) in [6, 6.07) is 74.4. The van der Waals surface area contributed by atoms with E-state index in [1.54, 1.807) is 0 Å². The molecule has 9 aromatic carbocycles. The van der Waals surface area contributed by atoms with Crippen molar-refractivity contribution in [1.82, 2.24) is 4.57 Å². The highest BCUT2D eigenvalue weighted by Gasteiger charge is 2.51. The van der Waals surface area contributed by atoms with Gasteiger partial charge in [-0.3, -0.25) is 0 Å². The molecule has 12 rings (SSSR count). The van der Waals surface area contributed by atoms with E-state index in [4.69, 9.17) is 0 Å². The third-order valence-corrected chi connectivity index (χ3v) is 13.3. The molecule has 0 fully saturated rings. The number of benzene rings is 9. The molecule has 1 heterocycles. The fraction of sp³-hybridized carbons (Fsp3) is 0.0333. The smallest absolute Gasteiger partial charge is 0.0726 e. The molecule has 1 spiro atoms. The lowest BCUT2D eigenvalue weighted by Gasteiger charge is -2.32. The van der Waals surface area contributed by atoms with Crippen LogP contribution in [-0.2, 0) is 5.41 Å². The monoisotopic (exact) mass is 790 g/mol. The first-order valence-electron chi connectivity index (χ1n) is 21.5. The minimum atomic E-state index is -0.444. The summed E-state index contributed by atoms with van der Waals surface area (Å²) in [5.41, 5.74) is 19.3. The minimum Gasteiger partial charge on any atom is -0.313 e. The van der Waals surface area contributed by atoms with E-state index in [1.165, 1.54) is 88.2 Å². The van der Waals surface area contributed by atoms with Crippen molar-refractivity contribution in [3.8, 4) is 33.4 Å². The van der Waals surface area contributed by atoms with Gasteiger partial charge in [0.25, 0.3) is 0 Å². The van der Waals surface area contributed by atoms with Gasteiger partial charge in [0.1, 0.15) is 0 Å². The van der Waals surface area contributed by atoms with Crippen LogP contribution in [0.25, 0.3) is 71.7 Å². The molecule has 2 aliphatic carbocycles. The molecule has 1 aromatic heterocycles. The summed E-state index contributed by atoms with van der Waals surface area (Å²) >= 11 is 0. The highest BCUT2D eigenvalue weighted by Crippen LogP contribution is 2.63. The summed E-state index contributed by atoms with van der Waals surface area (Å²) in [6.45, 7) is 6.05. The summed E-state index contributed by atoms with van der Waals surface area (Å²) in [6.07, 6.45) is 8.00. The maximum absolute atomic E-state index is 3.87. The maximum Gasteiger partial charge on any atom is 0.0726 e. The number of hydrogen-bond donors (Lipinski definition) is 0. The SMILES string of the molecule is C=C/C=C\C=C(/C)n1c2ccccc2c2cc(N(c3ccc(-c4cccc5ccccc45)cc3)c3ccc4c(c3)C3(c5ccccc5-c5ccccc53)c3ccccc3-4)ccc21. The van der Waals surface area contributed by atoms with Crippen LogP contribution in [0.2, 0.25) is 0 Å². The first-order chi connectivity index (χ1) is 30.6. The largest absolute Gasteiger partial charge is 0.313 e. The zero-order chi connectivity index (χ0) is 41.4. The Morgan fingerprint density at radius 3 is 1.69 bits per heavy atom. The zero-order valence-electron chi connectivity index (χ0n) is 34.5. The summed E-state index contributed by atoms with van der Waals surface area (Å²) in [7, 11) is 0. The number of anilines is 3. The van der Waals surface area contributed by atoms with Gasteiger partial charge < -0.3 is 9.47 Å². The van der Waals surface area contributed by atoms with Crippen LogP contribution in [-0.4, -0.2) is 4.57 Å². The minimum absolute atomic E-state index is 0.444. The Bertz CT molecular complexity index is 3430. The molecule has 292 valence electrons. The van der Waals surface area contributed by atoms with Crippen molar-refractivity contribution in [2.45, 2.75) is 12.3 Å². The summed E-state index contributed by atoms with van der Waals surface area (Å²) in [5, 5.41) is 4.93. The zero-order valence-corrected chi connectivity index (χ0v) is 34.5. The summed E-state index contributed by atoms with van der Waals surface area (Å²) in [5.74, 6) is 0. The van der Waals surface area contributed by atoms with Crippen molar-refractivity contribution in [1.29, 1.82) is 0 Å². The number of para-hydroxylation sites is 1. The third kappa shape index (κ3) is 5.17. The molecule has 2 heteroatoms. The number of allylic oxidation sites excluding steroid dienone is 5. The van der Waals surface area contributed by atoms with Crippen molar-refractivity contribution < 1.29 is 0 Å². The van der Waals surface area contributed by atoms with Crippen LogP contribution in [0.15, 0.2) is 231 Å². The molecule has 0 unspecified atom stereocenters. The molecule has 0 aliphatic heterocycles. The van der Waals surface area contributed by atoms with Crippen molar-refractivity contribution in [3.05, 3.63) is 253 Å². The Hall–Kier alpha value is -7.94. The lowest BCUT2D eigenvalue weighted by atomic mass is 9.70. The van der Waals surface area contributed by atoms with Gasteiger partial charge in [-0.15, -0.1) is 0 Å². The van der Waals surface area contributed by atoms with E-state index in [2.05, 4.69) is 235 Å². The molecule has 0 amide bonds. The van der Waals surface area contributed by atoms with Crippen LogP contribution in [0.3, 0.4) is 0 Å². The molecular formula is C60H42N2. The highest BCUT2D eigenvalue weighted by molar-refractivity contribution is 6.11. The molecule has 0 saturated carbocycles. The number of fused-ring (bicyclic) bond motifs is 14. The number of aromatic nitrogens is 1. The van der Waals surface area contributed by atoms with E-state index in [-0.39, 0.29) is 0 Å². The second kappa shape index (κ2) is 14.1. The first kappa shape index (κ1) is 36.0. The van der Waals surface area contributed by atoms with Crippen molar-refractivity contribution in [3.63, 3.8) is 0 Å². The van der Waals surface area contributed by atoms with E-state index in [9.17, 15) is 0 Å². The van der Waals surface area contributed by atoms with Gasteiger partial charge in [0.05, 0.1) is 16.4 Å². The maximum atomic E-state index is 3.87. The quantitative estimate of drug-likeness (QED) is 0.146. The molecule has 0 bridgehead atoms. The second-order valence-electron chi connectivity index (χ2n) is 16.5. The second-order valence-corrected chi connectivity index (χ2v) is 16.5. The topological polar surface area (TPSA) is 8.17 Å². The number of rotatable bonds is 7. The Morgan fingerprint density at radius 1 is 0.452 bits per heavy atom. The van der Waals surface area contributed by atoms with Gasteiger partial charge in [-0.2, -0.15) is 0 Å². The Morgan fingerprint density at radius 2 is 0.984 bits per heavy atom. The molecule has 0 saturated heterocycles. The summed E-state index contributed by atoms with van der Waals surface area (Å²) < 4.78 is 2.37. The van der Waals surface area contributed by atoms with E-state index in [1.807, 2.05) is 12.2 Å². The Labute approximate surface area is 362 Å². The average Bonchev–Trinajstić information content (AvgIpc) is 3.93. The average molecular weight is 791 g/mol. The van der Waals surface area contributed by atoms with E-state index < -0.39 is 5.41 Å². The van der Waals surface area contributed by atoms with Crippen molar-refractivity contribution in [2.75, 3.05) is 4.90 Å². The van der Waals surface area contributed by atoms with E-state index in [0.29, 0.717) is 0 Å². The molecule has 2 aliphatic rings. The van der Waals surface area contributed by atoms with Gasteiger partial charge in [-0.05, 0) is 128 Å². The van der Waals surface area contributed by atoms with Crippen LogP contribution < -0.4 is 4.90 Å². The molecule has 62 heavy (non-hydrogen) atoms. The van der Waals surface area contributed by atoms with E-state index in [0.717, 1.165) is 22.8 Å². The Balaban J connectivity index is 1.10. The molecule has 0 radical (unpaired) electrons. The first-order valence-corrected chi connectivity index (χ1v) is 21.5. The van der Waals surface area contributed by atoms with Crippen LogP contribution in [0, 0.1) is 0 Å². The lowest BCUT2D eigenvalue weighted by Crippen LogP contribution is -2.26. The van der Waals surface area contributed by atoms with Gasteiger partial charge in [-0.1, -0.05) is 176 Å². The molecule has 10 aromatic rings. The summed E-state index contributed by atoms with van der Waals surface area (Å²) in [4.78, 5) is 2.46. The van der Waals surface area contributed by atoms with Gasteiger partial charge in [0.15, 0.2) is 0 Å². The van der Waals surface area contributed by atoms with Crippen molar-refractivity contribution >= 4 is 55.3 Å². The molecule has 0 N–H and O–H groups in total. The molecule has 0 atom stereocenters. The predicted octanol–water partition coefficient (Wildman–Crippen LogP) is 16.0. The lowest BCUT2D eigenvalue weighted by molar-refractivity contribution is 0.793. The van der Waals surface area contributed by atoms with Crippen LogP contribution >= 0.6 is 0 Å². The standard InChI is InChI=1S/C60H42N2/c1-3-4-5-17-40(2)61-58-29-15-11-24-52(58)53-38-44(35-37-59(53)61)62(43-32-30-42(31-33-43)47-25-16-19-41-18-6-7-20-46(41)47)45-34-36-51-50-23-10-14-28-56(50)60(57(51)39-45)54-26-12-8-21-48(54)49-22-9-13-27-55(49)60/h3-39H,1H2,2H3/b5-4-,40-17+. The number of nitrogens with zero attached hydrogens (tertiary/aromatic N) is 2. The van der Waals surface area contributed by atoms with Gasteiger partial charge >= 0.3 is 0 Å². The Kier molecular flexibility index (Phi) is 8.17. The number of hydrogen-bond acceptors (Lipinski definition) is 1. The van der Waals surface area contributed by atoms with E-state index >= 15 is 0 Å². The molecular weight excluding hydrogens is 749 g/mol. The van der Waals surface area contributed by atoms with Crippen LogP contribution in [0.1, 0.15) is 29.2 Å². The fourth-order valence-electron chi connectivity index (χ4n) is 10.8. The third-order valence-electron chi connectivity index (χ3n) is 13.3. The van der Waals surface area contributed by atoms with Crippen LogP contribution in [0.5, 0.6) is 0 Å². The van der Waals surface area contributed by atoms with Crippen molar-refractivity contribution in [2.24, 2.45) is 0 Å².